The predicted octanol–water partition coefficient (Wildman–Crippen LogP) is 4.84. The first-order chi connectivity index (χ1) is 11.7. The van der Waals surface area contributed by atoms with E-state index < -0.39 is 20.7 Å². The first kappa shape index (κ1) is 21.7. The van der Waals surface area contributed by atoms with Gasteiger partial charge in [-0.2, -0.15) is 0 Å². The number of hydrogen-bond acceptors (Lipinski definition) is 3. The van der Waals surface area contributed by atoms with Crippen molar-refractivity contribution in [1.29, 1.82) is 0 Å². The molecule has 0 fully saturated rings. The van der Waals surface area contributed by atoms with Gasteiger partial charge in [0.1, 0.15) is 0 Å². The first-order valence-electron chi connectivity index (χ1n) is 9.33. The van der Waals surface area contributed by atoms with E-state index in [9.17, 15) is 13.2 Å². The minimum Gasteiger partial charge on any atom is -0.268 e. The Morgan fingerprint density at radius 1 is 0.960 bits per heavy atom. The number of unbranched alkanes of at least 4 members (excludes halogenated alkanes) is 6. The first-order valence-corrected chi connectivity index (χ1v) is 10.8. The molecule has 142 valence electrons. The molecule has 1 aromatic carbocycles. The number of rotatable bonds is 10. The van der Waals surface area contributed by atoms with Crippen molar-refractivity contribution in [3.63, 3.8) is 0 Å². The standard InChI is InChI=1S/C20H33NO3S/c1-5-6-7-8-9-10-11-14-17-15-12-13-16-18(17)19(22)21-25(23,24)20(2,3)4/h12-13,15-16H,5-11,14H2,1-4H3,(H,21,22). The quantitative estimate of drug-likeness (QED) is 0.602. The van der Waals surface area contributed by atoms with E-state index in [2.05, 4.69) is 11.6 Å². The summed E-state index contributed by atoms with van der Waals surface area (Å²) in [5.41, 5.74) is 1.37. The lowest BCUT2D eigenvalue weighted by Gasteiger charge is -2.20. The highest BCUT2D eigenvalue weighted by Crippen LogP contribution is 2.17. The van der Waals surface area contributed by atoms with Crippen molar-refractivity contribution in [2.24, 2.45) is 0 Å². The number of carbonyl (C=O) groups is 1. The average molecular weight is 368 g/mol. The maximum Gasteiger partial charge on any atom is 0.265 e. The van der Waals surface area contributed by atoms with Gasteiger partial charge in [-0.1, -0.05) is 63.6 Å². The van der Waals surface area contributed by atoms with Gasteiger partial charge in [0.15, 0.2) is 0 Å². The van der Waals surface area contributed by atoms with Crippen LogP contribution in [-0.2, 0) is 16.4 Å². The Kier molecular flexibility index (Phi) is 8.63. The summed E-state index contributed by atoms with van der Waals surface area (Å²) in [6.45, 7) is 6.94. The predicted molar refractivity (Wildman–Crippen MR) is 104 cm³/mol. The molecule has 0 saturated carbocycles. The zero-order chi connectivity index (χ0) is 18.9. The maximum atomic E-state index is 12.4. The van der Waals surface area contributed by atoms with E-state index in [4.69, 9.17) is 0 Å². The molecule has 1 aromatic rings. The summed E-state index contributed by atoms with van der Waals surface area (Å²) in [6.07, 6.45) is 9.27. The molecule has 0 spiro atoms. The van der Waals surface area contributed by atoms with Gasteiger partial charge in [-0.25, -0.2) is 13.1 Å². The molecule has 0 aliphatic rings. The number of nitrogens with one attached hydrogen (secondary N) is 1. The molecule has 0 aliphatic heterocycles. The number of hydrogen-bond donors (Lipinski definition) is 1. The normalized spacial score (nSPS) is 12.2. The molecular weight excluding hydrogens is 334 g/mol. The lowest BCUT2D eigenvalue weighted by atomic mass is 10.00. The fourth-order valence-corrected chi connectivity index (χ4v) is 3.22. The van der Waals surface area contributed by atoms with Crippen molar-refractivity contribution in [2.45, 2.75) is 83.8 Å². The molecule has 25 heavy (non-hydrogen) atoms. The zero-order valence-corrected chi connectivity index (χ0v) is 16.9. The summed E-state index contributed by atoms with van der Waals surface area (Å²) in [7, 11) is -3.70. The van der Waals surface area contributed by atoms with Crippen molar-refractivity contribution in [2.75, 3.05) is 0 Å². The Labute approximate surface area is 153 Å². The van der Waals surface area contributed by atoms with Crippen LogP contribution in [0, 0.1) is 0 Å². The van der Waals surface area contributed by atoms with E-state index in [0.717, 1.165) is 24.8 Å². The van der Waals surface area contributed by atoms with Crippen molar-refractivity contribution in [1.82, 2.24) is 4.72 Å². The lowest BCUT2D eigenvalue weighted by Crippen LogP contribution is -2.42. The number of amides is 1. The largest absolute Gasteiger partial charge is 0.268 e. The van der Waals surface area contributed by atoms with E-state index >= 15 is 0 Å². The second-order valence-corrected chi connectivity index (χ2v) is 10.0. The Morgan fingerprint density at radius 3 is 2.12 bits per heavy atom. The molecule has 0 radical (unpaired) electrons. The topological polar surface area (TPSA) is 63.2 Å². The van der Waals surface area contributed by atoms with Crippen molar-refractivity contribution in [3.05, 3.63) is 35.4 Å². The van der Waals surface area contributed by atoms with Crippen molar-refractivity contribution >= 4 is 15.9 Å². The second kappa shape index (κ2) is 9.95. The minimum absolute atomic E-state index is 0.460. The molecule has 0 aromatic heterocycles. The summed E-state index contributed by atoms with van der Waals surface area (Å²) < 4.78 is 25.6. The fourth-order valence-electron chi connectivity index (χ4n) is 2.56. The monoisotopic (exact) mass is 367 g/mol. The maximum absolute atomic E-state index is 12.4. The van der Waals surface area contributed by atoms with E-state index in [1.54, 1.807) is 32.9 Å². The molecule has 0 saturated heterocycles. The van der Waals surface area contributed by atoms with E-state index in [1.807, 2.05) is 12.1 Å². The van der Waals surface area contributed by atoms with Crippen LogP contribution in [0.3, 0.4) is 0 Å². The number of sulfonamides is 1. The van der Waals surface area contributed by atoms with Gasteiger partial charge in [0.2, 0.25) is 10.0 Å². The van der Waals surface area contributed by atoms with Gasteiger partial charge in [-0.3, -0.25) is 4.79 Å². The third-order valence-corrected chi connectivity index (χ3v) is 6.41. The SMILES string of the molecule is CCCCCCCCCc1ccccc1C(=O)NS(=O)(=O)C(C)(C)C. The molecule has 4 nitrogen and oxygen atoms in total. The van der Waals surface area contributed by atoms with Gasteiger partial charge in [0, 0.05) is 5.56 Å². The van der Waals surface area contributed by atoms with Crippen LogP contribution in [0.25, 0.3) is 0 Å². The molecular formula is C20H33NO3S. The van der Waals surface area contributed by atoms with Crippen LogP contribution < -0.4 is 4.72 Å². The molecule has 1 N–H and O–H groups in total. The zero-order valence-electron chi connectivity index (χ0n) is 16.1. The van der Waals surface area contributed by atoms with E-state index in [1.165, 1.54) is 32.1 Å². The summed E-state index contributed by atoms with van der Waals surface area (Å²) in [4.78, 5) is 12.4. The van der Waals surface area contributed by atoms with Gasteiger partial charge in [-0.15, -0.1) is 0 Å². The summed E-state index contributed by atoms with van der Waals surface area (Å²) >= 11 is 0. The Hall–Kier alpha value is -1.36. The van der Waals surface area contributed by atoms with Gasteiger partial charge in [0.05, 0.1) is 4.75 Å². The van der Waals surface area contributed by atoms with Crippen LogP contribution in [0.1, 0.15) is 88.6 Å². The molecule has 0 atom stereocenters. The summed E-state index contributed by atoms with van der Waals surface area (Å²) in [5.74, 6) is -0.534. The third-order valence-electron chi connectivity index (χ3n) is 4.34. The smallest absolute Gasteiger partial charge is 0.265 e. The van der Waals surface area contributed by atoms with Crippen molar-refractivity contribution in [3.8, 4) is 0 Å². The summed E-state index contributed by atoms with van der Waals surface area (Å²) in [6, 6.07) is 7.28. The van der Waals surface area contributed by atoms with Crippen LogP contribution in [0.5, 0.6) is 0 Å². The van der Waals surface area contributed by atoms with Crippen LogP contribution in [0.2, 0.25) is 0 Å². The Balaban J connectivity index is 2.63. The highest BCUT2D eigenvalue weighted by molar-refractivity contribution is 7.91. The van der Waals surface area contributed by atoms with Crippen molar-refractivity contribution < 1.29 is 13.2 Å². The molecule has 0 unspecified atom stereocenters. The average Bonchev–Trinajstić information content (AvgIpc) is 2.53. The fraction of sp³-hybridized carbons (Fsp3) is 0.650. The van der Waals surface area contributed by atoms with Gasteiger partial charge < -0.3 is 0 Å². The molecule has 5 heteroatoms. The van der Waals surface area contributed by atoms with Crippen LogP contribution in [0.4, 0.5) is 0 Å². The Morgan fingerprint density at radius 2 is 1.52 bits per heavy atom. The number of carbonyl (C=O) groups excluding carboxylic acids is 1. The minimum atomic E-state index is -3.70. The molecule has 0 heterocycles. The second-order valence-electron chi connectivity index (χ2n) is 7.58. The highest BCUT2D eigenvalue weighted by Gasteiger charge is 2.31. The van der Waals surface area contributed by atoms with Gasteiger partial charge in [-0.05, 0) is 45.2 Å². The number of aryl methyl sites for hydroxylation is 1. The highest BCUT2D eigenvalue weighted by atomic mass is 32.2. The summed E-state index contributed by atoms with van der Waals surface area (Å²) in [5, 5.41) is 0. The molecule has 1 rings (SSSR count). The number of benzene rings is 1. The third kappa shape index (κ3) is 7.18. The van der Waals surface area contributed by atoms with E-state index in [-0.39, 0.29) is 0 Å². The lowest BCUT2D eigenvalue weighted by molar-refractivity contribution is 0.0979. The van der Waals surface area contributed by atoms with Crippen LogP contribution >= 0.6 is 0 Å². The molecule has 1 amide bonds. The molecule has 0 bridgehead atoms. The van der Waals surface area contributed by atoms with Gasteiger partial charge in [0.25, 0.3) is 5.91 Å². The Bertz CT molecular complexity index is 645. The van der Waals surface area contributed by atoms with Crippen LogP contribution in [-0.4, -0.2) is 19.1 Å². The van der Waals surface area contributed by atoms with Crippen LogP contribution in [0.15, 0.2) is 24.3 Å². The van der Waals surface area contributed by atoms with E-state index in [0.29, 0.717) is 5.56 Å². The molecule has 0 aliphatic carbocycles. The van der Waals surface area contributed by atoms with Gasteiger partial charge >= 0.3 is 0 Å².